The van der Waals surface area contributed by atoms with Gasteiger partial charge in [0.1, 0.15) is 0 Å². The number of halogens is 1. The molecular formula is C11H15FN2O. The highest BCUT2D eigenvalue weighted by Gasteiger charge is 2.16. The van der Waals surface area contributed by atoms with Gasteiger partial charge >= 0.3 is 0 Å². The Hall–Kier alpha value is -1.19. The molecule has 1 heterocycles. The third-order valence-corrected chi connectivity index (χ3v) is 3.13. The molecule has 1 aromatic heterocycles. The molecule has 0 atom stereocenters. The molecule has 1 aliphatic rings. The van der Waals surface area contributed by atoms with Gasteiger partial charge in [-0.1, -0.05) is 25.7 Å². The normalized spacial score (nSPS) is 17.1. The van der Waals surface area contributed by atoms with Gasteiger partial charge in [-0.15, -0.1) is 0 Å². The molecule has 1 fully saturated rings. The number of aromatic nitrogens is 2. The molecule has 1 saturated carbocycles. The summed E-state index contributed by atoms with van der Waals surface area (Å²) in [6.45, 7) is 0. The molecule has 1 aromatic rings. The van der Waals surface area contributed by atoms with Crippen LogP contribution in [0.5, 0.6) is 0 Å². The van der Waals surface area contributed by atoms with Crippen molar-refractivity contribution >= 4 is 0 Å². The fraction of sp³-hybridized carbons (Fsp3) is 0.636. The Labute approximate surface area is 87.7 Å². The lowest BCUT2D eigenvalue weighted by atomic mass is 10.0. The maximum atomic E-state index is 13.3. The van der Waals surface area contributed by atoms with Crippen molar-refractivity contribution < 1.29 is 4.39 Å². The van der Waals surface area contributed by atoms with Crippen molar-refractivity contribution in [2.45, 2.75) is 38.5 Å². The first-order chi connectivity index (χ1) is 7.27. The van der Waals surface area contributed by atoms with Crippen LogP contribution in [0.4, 0.5) is 4.39 Å². The summed E-state index contributed by atoms with van der Waals surface area (Å²) in [6, 6.07) is 0. The Morgan fingerprint density at radius 3 is 2.93 bits per heavy atom. The Bertz CT molecular complexity index is 382. The topological polar surface area (TPSA) is 45.8 Å². The molecular weight excluding hydrogens is 195 g/mol. The fourth-order valence-electron chi connectivity index (χ4n) is 2.23. The Morgan fingerprint density at radius 1 is 1.47 bits per heavy atom. The first kappa shape index (κ1) is 10.3. The van der Waals surface area contributed by atoms with Gasteiger partial charge in [-0.25, -0.2) is 4.98 Å². The third-order valence-electron chi connectivity index (χ3n) is 3.13. The van der Waals surface area contributed by atoms with Gasteiger partial charge in [-0.3, -0.25) is 4.79 Å². The van der Waals surface area contributed by atoms with Gasteiger partial charge in [0.25, 0.3) is 5.56 Å². The second kappa shape index (κ2) is 4.55. The third kappa shape index (κ3) is 2.43. The highest BCUT2D eigenvalue weighted by atomic mass is 19.1. The van der Waals surface area contributed by atoms with E-state index in [2.05, 4.69) is 9.97 Å². The van der Waals surface area contributed by atoms with Gasteiger partial charge in [-0.2, -0.15) is 4.39 Å². The number of nitrogens with zero attached hydrogens (tertiary/aromatic N) is 1. The molecule has 4 heteroatoms. The largest absolute Gasteiger partial charge is 0.311 e. The lowest BCUT2D eigenvalue weighted by molar-refractivity contribution is 0.486. The first-order valence-electron chi connectivity index (χ1n) is 5.49. The van der Waals surface area contributed by atoms with Gasteiger partial charge in [0.05, 0.1) is 12.0 Å². The first-order valence-corrected chi connectivity index (χ1v) is 5.49. The molecule has 0 saturated heterocycles. The highest BCUT2D eigenvalue weighted by molar-refractivity contribution is 5.02. The molecule has 15 heavy (non-hydrogen) atoms. The monoisotopic (exact) mass is 210 g/mol. The smallest absolute Gasteiger partial charge is 0.287 e. The standard InChI is InChI=1S/C11H15FN2O/c12-10-9(13-7-14-11(10)15)6-5-8-3-1-2-4-8/h7-8H,1-6H2,(H,13,14,15). The van der Waals surface area contributed by atoms with Crippen molar-refractivity contribution in [1.29, 1.82) is 0 Å². The molecule has 0 unspecified atom stereocenters. The van der Waals surface area contributed by atoms with E-state index in [-0.39, 0.29) is 0 Å². The Kier molecular flexibility index (Phi) is 3.14. The van der Waals surface area contributed by atoms with Crippen LogP contribution in [-0.4, -0.2) is 9.97 Å². The predicted molar refractivity (Wildman–Crippen MR) is 55.1 cm³/mol. The van der Waals surface area contributed by atoms with Gasteiger partial charge in [0.15, 0.2) is 0 Å². The zero-order valence-corrected chi connectivity index (χ0v) is 8.63. The van der Waals surface area contributed by atoms with E-state index in [1.165, 1.54) is 32.0 Å². The molecule has 0 aliphatic heterocycles. The molecule has 0 bridgehead atoms. The highest BCUT2D eigenvalue weighted by Crippen LogP contribution is 2.28. The number of aryl methyl sites for hydroxylation is 1. The Balaban J connectivity index is 1.98. The number of rotatable bonds is 3. The predicted octanol–water partition coefficient (Wildman–Crippen LogP) is 2.03. The molecule has 2 rings (SSSR count). The number of aromatic amines is 1. The SMILES string of the molecule is O=c1[nH]cnc(CCC2CCCC2)c1F. The van der Waals surface area contributed by atoms with Gasteiger partial charge in [-0.05, 0) is 18.8 Å². The minimum absolute atomic E-state index is 0.311. The average molecular weight is 210 g/mol. The molecule has 0 spiro atoms. The van der Waals surface area contributed by atoms with Crippen LogP contribution in [0.3, 0.4) is 0 Å². The number of H-pyrrole nitrogens is 1. The van der Waals surface area contributed by atoms with Crippen LogP contribution >= 0.6 is 0 Å². The number of hydrogen-bond acceptors (Lipinski definition) is 2. The summed E-state index contributed by atoms with van der Waals surface area (Å²) in [6.07, 6.45) is 7.87. The van der Waals surface area contributed by atoms with E-state index in [1.807, 2.05) is 0 Å². The average Bonchev–Trinajstić information content (AvgIpc) is 2.73. The maximum Gasteiger partial charge on any atom is 0.287 e. The molecule has 3 nitrogen and oxygen atoms in total. The number of hydrogen-bond donors (Lipinski definition) is 1. The summed E-state index contributed by atoms with van der Waals surface area (Å²) >= 11 is 0. The lowest BCUT2D eigenvalue weighted by Crippen LogP contribution is -2.15. The van der Waals surface area contributed by atoms with E-state index in [4.69, 9.17) is 0 Å². The van der Waals surface area contributed by atoms with Crippen LogP contribution in [0.15, 0.2) is 11.1 Å². The van der Waals surface area contributed by atoms with Crippen LogP contribution in [0.25, 0.3) is 0 Å². The zero-order chi connectivity index (χ0) is 10.7. The van der Waals surface area contributed by atoms with E-state index < -0.39 is 11.4 Å². The van der Waals surface area contributed by atoms with Crippen molar-refractivity contribution in [3.8, 4) is 0 Å². The molecule has 0 radical (unpaired) electrons. The van der Waals surface area contributed by atoms with E-state index >= 15 is 0 Å². The molecule has 1 aliphatic carbocycles. The molecule has 0 aromatic carbocycles. The van der Waals surface area contributed by atoms with Gasteiger partial charge in [0, 0.05) is 0 Å². The summed E-state index contributed by atoms with van der Waals surface area (Å²) in [5, 5.41) is 0. The minimum atomic E-state index is -0.713. The van der Waals surface area contributed by atoms with Crippen molar-refractivity contribution in [1.82, 2.24) is 9.97 Å². The van der Waals surface area contributed by atoms with E-state index in [1.54, 1.807) is 0 Å². The Morgan fingerprint density at radius 2 is 2.20 bits per heavy atom. The number of nitrogens with one attached hydrogen (secondary N) is 1. The summed E-state index contributed by atoms with van der Waals surface area (Å²) in [7, 11) is 0. The second-order valence-corrected chi connectivity index (χ2v) is 4.18. The van der Waals surface area contributed by atoms with Crippen molar-refractivity contribution in [3.63, 3.8) is 0 Å². The van der Waals surface area contributed by atoms with Crippen LogP contribution in [0.2, 0.25) is 0 Å². The fourth-order valence-corrected chi connectivity index (χ4v) is 2.23. The molecule has 82 valence electrons. The maximum absolute atomic E-state index is 13.3. The summed E-state index contributed by atoms with van der Waals surface area (Å²) in [5.41, 5.74) is -0.350. The van der Waals surface area contributed by atoms with Crippen molar-refractivity contribution in [2.75, 3.05) is 0 Å². The molecule has 0 amide bonds. The van der Waals surface area contributed by atoms with Crippen LogP contribution in [0.1, 0.15) is 37.8 Å². The lowest BCUT2D eigenvalue weighted by Gasteiger charge is -2.07. The van der Waals surface area contributed by atoms with Crippen molar-refractivity contribution in [2.24, 2.45) is 5.92 Å². The summed E-state index contributed by atoms with van der Waals surface area (Å²) < 4.78 is 13.3. The van der Waals surface area contributed by atoms with Crippen LogP contribution in [-0.2, 0) is 6.42 Å². The van der Waals surface area contributed by atoms with E-state index in [0.29, 0.717) is 18.0 Å². The molecule has 1 N–H and O–H groups in total. The van der Waals surface area contributed by atoms with E-state index in [0.717, 1.165) is 6.42 Å². The van der Waals surface area contributed by atoms with Gasteiger partial charge in [0.2, 0.25) is 5.82 Å². The minimum Gasteiger partial charge on any atom is -0.311 e. The zero-order valence-electron chi connectivity index (χ0n) is 8.63. The summed E-state index contributed by atoms with van der Waals surface area (Å²) in [5.74, 6) is -0.0130. The quantitative estimate of drug-likeness (QED) is 0.829. The second-order valence-electron chi connectivity index (χ2n) is 4.18. The summed E-state index contributed by atoms with van der Waals surface area (Å²) in [4.78, 5) is 17.1. The van der Waals surface area contributed by atoms with Crippen LogP contribution < -0.4 is 5.56 Å². The van der Waals surface area contributed by atoms with Crippen molar-refractivity contribution in [3.05, 3.63) is 28.2 Å². The van der Waals surface area contributed by atoms with Gasteiger partial charge < -0.3 is 4.98 Å². The van der Waals surface area contributed by atoms with Crippen LogP contribution in [0, 0.1) is 11.7 Å². The van der Waals surface area contributed by atoms with E-state index in [9.17, 15) is 9.18 Å².